The van der Waals surface area contributed by atoms with Crippen molar-refractivity contribution >= 4 is 29.0 Å². The average Bonchev–Trinajstić information content (AvgIpc) is 3.06. The number of benzene rings is 1. The number of hydrogen-bond acceptors (Lipinski definition) is 5. The molecule has 0 aliphatic heterocycles. The highest BCUT2D eigenvalue weighted by Crippen LogP contribution is 2.24. The minimum absolute atomic E-state index is 0.141. The zero-order valence-electron chi connectivity index (χ0n) is 12.1. The molecule has 2 aromatic rings. The Balaban J connectivity index is 1.99. The Morgan fingerprint density at radius 1 is 1.45 bits per heavy atom. The third kappa shape index (κ3) is 4.34. The van der Waals surface area contributed by atoms with E-state index in [9.17, 15) is 9.90 Å². The van der Waals surface area contributed by atoms with E-state index in [0.29, 0.717) is 11.3 Å². The summed E-state index contributed by atoms with van der Waals surface area (Å²) in [6.07, 6.45) is 0. The quantitative estimate of drug-likeness (QED) is 0.798. The first-order valence-corrected chi connectivity index (χ1v) is 8.54. The summed E-state index contributed by atoms with van der Waals surface area (Å²) >= 11 is 2.84. The number of rotatable bonds is 6. The van der Waals surface area contributed by atoms with Gasteiger partial charge in [-0.1, -0.05) is 12.1 Å². The summed E-state index contributed by atoms with van der Waals surface area (Å²) in [4.78, 5) is 13.9. The fourth-order valence-corrected chi connectivity index (χ4v) is 3.27. The summed E-state index contributed by atoms with van der Waals surface area (Å²) < 4.78 is 0. The molecule has 2 N–H and O–H groups in total. The second-order valence-corrected chi connectivity index (χ2v) is 6.90. The fraction of sp³-hybridized carbons (Fsp3) is 0.250. The number of thiophene rings is 1. The molecular formula is C16H16N2O2S2. The van der Waals surface area contributed by atoms with Gasteiger partial charge in [-0.05, 0) is 36.6 Å². The van der Waals surface area contributed by atoms with Crippen molar-refractivity contribution < 1.29 is 9.90 Å². The van der Waals surface area contributed by atoms with Crippen LogP contribution in [0.4, 0.5) is 0 Å². The summed E-state index contributed by atoms with van der Waals surface area (Å²) in [6, 6.07) is 12.9. The van der Waals surface area contributed by atoms with Gasteiger partial charge >= 0.3 is 0 Å². The molecule has 1 amide bonds. The van der Waals surface area contributed by atoms with Gasteiger partial charge < -0.3 is 10.4 Å². The summed E-state index contributed by atoms with van der Waals surface area (Å²) in [5, 5.41) is 23.6. The SMILES string of the molecule is CC(O)(CNC(=O)c1cccc(SCC#N)c1)c1cccs1. The van der Waals surface area contributed by atoms with Gasteiger partial charge in [0.1, 0.15) is 5.60 Å². The Bertz CT molecular complexity index is 676. The number of aliphatic hydroxyl groups is 1. The molecule has 0 saturated carbocycles. The van der Waals surface area contributed by atoms with Gasteiger partial charge in [0.25, 0.3) is 5.91 Å². The summed E-state index contributed by atoms with van der Waals surface area (Å²) in [6.45, 7) is 1.82. The van der Waals surface area contributed by atoms with E-state index in [2.05, 4.69) is 11.4 Å². The first-order chi connectivity index (χ1) is 10.5. The molecule has 4 nitrogen and oxygen atoms in total. The Morgan fingerprint density at radius 2 is 2.27 bits per heavy atom. The zero-order chi connectivity index (χ0) is 16.0. The van der Waals surface area contributed by atoms with Crippen molar-refractivity contribution in [3.8, 4) is 6.07 Å². The highest BCUT2D eigenvalue weighted by atomic mass is 32.2. The van der Waals surface area contributed by atoms with Gasteiger partial charge in [0, 0.05) is 15.3 Å². The Hall–Kier alpha value is -1.81. The van der Waals surface area contributed by atoms with E-state index in [1.807, 2.05) is 23.6 Å². The molecule has 0 saturated heterocycles. The molecule has 6 heteroatoms. The predicted molar refractivity (Wildman–Crippen MR) is 89.0 cm³/mol. The smallest absolute Gasteiger partial charge is 0.251 e. The maximum absolute atomic E-state index is 12.2. The van der Waals surface area contributed by atoms with Crippen LogP contribution in [0.5, 0.6) is 0 Å². The van der Waals surface area contributed by atoms with Gasteiger partial charge in [0.15, 0.2) is 0 Å². The molecule has 22 heavy (non-hydrogen) atoms. The first kappa shape index (κ1) is 16.6. The monoisotopic (exact) mass is 332 g/mol. The standard InChI is InChI=1S/C16H16N2O2S2/c1-16(20,14-6-3-8-22-14)11-18-15(19)12-4-2-5-13(10-12)21-9-7-17/h2-6,8,10,20H,9,11H2,1H3,(H,18,19). The minimum Gasteiger partial charge on any atom is -0.383 e. The second-order valence-electron chi connectivity index (χ2n) is 4.91. The molecule has 0 bridgehead atoms. The van der Waals surface area contributed by atoms with Crippen molar-refractivity contribution in [3.63, 3.8) is 0 Å². The average molecular weight is 332 g/mol. The Morgan fingerprint density at radius 3 is 2.95 bits per heavy atom. The van der Waals surface area contributed by atoms with Gasteiger partial charge in [0.2, 0.25) is 0 Å². The largest absolute Gasteiger partial charge is 0.383 e. The first-order valence-electron chi connectivity index (χ1n) is 6.67. The van der Waals surface area contributed by atoms with Crippen LogP contribution in [0.1, 0.15) is 22.2 Å². The molecule has 0 radical (unpaired) electrons. The van der Waals surface area contributed by atoms with E-state index in [4.69, 9.17) is 5.26 Å². The van der Waals surface area contributed by atoms with E-state index in [1.165, 1.54) is 23.1 Å². The molecule has 1 aromatic carbocycles. The second kappa shape index (κ2) is 7.45. The number of carbonyl (C=O) groups is 1. The molecule has 2 rings (SSSR count). The Labute approximate surface area is 137 Å². The van der Waals surface area contributed by atoms with Crippen molar-refractivity contribution in [2.75, 3.05) is 12.3 Å². The van der Waals surface area contributed by atoms with Crippen LogP contribution in [0.15, 0.2) is 46.7 Å². The molecule has 0 spiro atoms. The molecule has 0 fully saturated rings. The number of hydrogen-bond donors (Lipinski definition) is 2. The van der Waals surface area contributed by atoms with Crippen molar-refractivity contribution in [2.45, 2.75) is 17.4 Å². The van der Waals surface area contributed by atoms with Crippen molar-refractivity contribution in [3.05, 3.63) is 52.2 Å². The molecule has 114 valence electrons. The molecule has 0 aliphatic rings. The molecular weight excluding hydrogens is 316 g/mol. The minimum atomic E-state index is -1.09. The molecule has 0 aliphatic carbocycles. The van der Waals surface area contributed by atoms with Crippen molar-refractivity contribution in [1.29, 1.82) is 5.26 Å². The van der Waals surface area contributed by atoms with Crippen LogP contribution in [0.2, 0.25) is 0 Å². The zero-order valence-corrected chi connectivity index (χ0v) is 13.7. The molecule has 1 unspecified atom stereocenters. The van der Waals surface area contributed by atoms with E-state index >= 15 is 0 Å². The Kier molecular flexibility index (Phi) is 5.61. The van der Waals surface area contributed by atoms with Gasteiger partial charge in [-0.15, -0.1) is 23.1 Å². The van der Waals surface area contributed by atoms with E-state index in [1.54, 1.807) is 25.1 Å². The summed E-state index contributed by atoms with van der Waals surface area (Å²) in [5.41, 5.74) is -0.568. The summed E-state index contributed by atoms with van der Waals surface area (Å²) in [5.74, 6) is 0.106. The molecule has 1 heterocycles. The van der Waals surface area contributed by atoms with E-state index in [-0.39, 0.29) is 12.5 Å². The van der Waals surface area contributed by atoms with Gasteiger partial charge in [0.05, 0.1) is 18.4 Å². The molecule has 1 aromatic heterocycles. The van der Waals surface area contributed by atoms with Crippen LogP contribution in [0, 0.1) is 11.3 Å². The number of nitrogens with one attached hydrogen (secondary N) is 1. The van der Waals surface area contributed by atoms with Crippen LogP contribution in [-0.2, 0) is 5.60 Å². The fourth-order valence-electron chi connectivity index (χ4n) is 1.87. The van der Waals surface area contributed by atoms with E-state index in [0.717, 1.165) is 9.77 Å². The predicted octanol–water partition coefficient (Wildman–Crippen LogP) is 3.00. The van der Waals surface area contributed by atoms with Gasteiger partial charge in [-0.3, -0.25) is 4.79 Å². The van der Waals surface area contributed by atoms with Gasteiger partial charge in [-0.2, -0.15) is 5.26 Å². The third-order valence-corrected chi connectivity index (χ3v) is 5.03. The van der Waals surface area contributed by atoms with E-state index < -0.39 is 5.60 Å². The number of amides is 1. The maximum atomic E-state index is 12.2. The number of carbonyl (C=O) groups excluding carboxylic acids is 1. The highest BCUT2D eigenvalue weighted by Gasteiger charge is 2.25. The van der Waals surface area contributed by atoms with Crippen LogP contribution in [0.25, 0.3) is 0 Å². The third-order valence-electron chi connectivity index (χ3n) is 3.04. The van der Waals surface area contributed by atoms with Crippen LogP contribution >= 0.6 is 23.1 Å². The van der Waals surface area contributed by atoms with Crippen LogP contribution in [-0.4, -0.2) is 23.3 Å². The maximum Gasteiger partial charge on any atom is 0.251 e. The highest BCUT2D eigenvalue weighted by molar-refractivity contribution is 7.99. The number of nitrogens with zero attached hydrogens (tertiary/aromatic N) is 1. The lowest BCUT2D eigenvalue weighted by atomic mass is 10.1. The lowest BCUT2D eigenvalue weighted by Crippen LogP contribution is -2.38. The topological polar surface area (TPSA) is 73.1 Å². The van der Waals surface area contributed by atoms with Crippen LogP contribution < -0.4 is 5.32 Å². The van der Waals surface area contributed by atoms with Crippen molar-refractivity contribution in [1.82, 2.24) is 5.32 Å². The lowest BCUT2D eigenvalue weighted by Gasteiger charge is -2.22. The lowest BCUT2D eigenvalue weighted by molar-refractivity contribution is 0.0556. The van der Waals surface area contributed by atoms with Crippen LogP contribution in [0.3, 0.4) is 0 Å². The van der Waals surface area contributed by atoms with Crippen molar-refractivity contribution in [2.24, 2.45) is 0 Å². The van der Waals surface area contributed by atoms with Gasteiger partial charge in [-0.25, -0.2) is 0 Å². The number of nitriles is 1. The molecule has 1 atom stereocenters. The summed E-state index contributed by atoms with van der Waals surface area (Å²) in [7, 11) is 0. The normalized spacial score (nSPS) is 13.1. The number of thioether (sulfide) groups is 1.